The summed E-state index contributed by atoms with van der Waals surface area (Å²) in [6.07, 6.45) is -3.01. The zero-order valence-corrected chi connectivity index (χ0v) is 11.1. The van der Waals surface area contributed by atoms with Crippen molar-refractivity contribution in [3.63, 3.8) is 0 Å². The molecule has 1 aliphatic rings. The quantitative estimate of drug-likeness (QED) is 0.907. The number of hydrogen-bond donors (Lipinski definition) is 1. The molecule has 1 heterocycles. The summed E-state index contributed by atoms with van der Waals surface area (Å²) in [5.41, 5.74) is 9.50. The second-order valence-electron chi connectivity index (χ2n) is 5.22. The summed E-state index contributed by atoms with van der Waals surface area (Å²) in [6.45, 7) is 2.69. The molecule has 0 bridgehead atoms. The summed E-state index contributed by atoms with van der Waals surface area (Å²) in [5.74, 6) is -0.986. The normalized spacial score (nSPS) is 25.6. The Kier molecular flexibility index (Phi) is 3.41. The maximum absolute atomic E-state index is 13.9. The van der Waals surface area contributed by atoms with Crippen LogP contribution in [0.15, 0.2) is 23.2 Å². The van der Waals surface area contributed by atoms with Gasteiger partial charge in [0.1, 0.15) is 17.3 Å². The molecule has 0 amide bonds. The number of amidine groups is 1. The lowest BCUT2D eigenvalue weighted by atomic mass is 9.88. The Morgan fingerprint density at radius 3 is 2.60 bits per heavy atom. The van der Waals surface area contributed by atoms with E-state index in [1.54, 1.807) is 13.8 Å². The third-order valence-electron chi connectivity index (χ3n) is 3.38. The highest BCUT2D eigenvalue weighted by atomic mass is 19.3. The summed E-state index contributed by atoms with van der Waals surface area (Å²) in [6, 6.07) is 3.17. The van der Waals surface area contributed by atoms with E-state index in [1.807, 2.05) is 0 Å². The predicted molar refractivity (Wildman–Crippen MR) is 69.7 cm³/mol. The first kappa shape index (κ1) is 14.6. The number of halogens is 3. The Morgan fingerprint density at radius 2 is 2.05 bits per heavy atom. The molecule has 1 unspecified atom stereocenters. The molecule has 0 aliphatic carbocycles. The number of nitrogens with zero attached hydrogens (tertiary/aromatic N) is 1. The average Bonchev–Trinajstić information content (AvgIpc) is 2.36. The second-order valence-corrected chi connectivity index (χ2v) is 5.22. The van der Waals surface area contributed by atoms with Crippen LogP contribution >= 0.6 is 0 Å². The van der Waals surface area contributed by atoms with Crippen LogP contribution in [0.1, 0.15) is 19.4 Å². The fourth-order valence-corrected chi connectivity index (χ4v) is 1.97. The van der Waals surface area contributed by atoms with Crippen molar-refractivity contribution in [2.24, 2.45) is 10.7 Å². The Bertz CT molecular complexity index is 560. The summed E-state index contributed by atoms with van der Waals surface area (Å²) in [4.78, 5) is 3.83. The third-order valence-corrected chi connectivity index (χ3v) is 3.38. The topological polar surface area (TPSA) is 71.4 Å². The Labute approximate surface area is 114 Å². The molecule has 0 spiro atoms. The van der Waals surface area contributed by atoms with Crippen LogP contribution in [-0.2, 0) is 10.3 Å². The van der Waals surface area contributed by atoms with Crippen molar-refractivity contribution in [3.05, 3.63) is 35.3 Å². The van der Waals surface area contributed by atoms with Crippen LogP contribution in [0, 0.1) is 5.82 Å². The summed E-state index contributed by atoms with van der Waals surface area (Å²) >= 11 is 0. The molecule has 1 aromatic carbocycles. The monoisotopic (exact) mass is 286 g/mol. The van der Waals surface area contributed by atoms with Crippen LogP contribution in [0.4, 0.5) is 18.9 Å². The maximum Gasteiger partial charge on any atom is 0.269 e. The smallest absolute Gasteiger partial charge is 0.269 e. The van der Waals surface area contributed by atoms with Gasteiger partial charge in [-0.15, -0.1) is 5.69 Å². The van der Waals surface area contributed by atoms with Gasteiger partial charge in [0.15, 0.2) is 5.54 Å². The van der Waals surface area contributed by atoms with Crippen LogP contribution in [-0.4, -0.2) is 24.5 Å². The van der Waals surface area contributed by atoms with E-state index in [1.165, 1.54) is 6.07 Å². The number of nitrogens with one attached hydrogen (secondary N) is 1. The van der Waals surface area contributed by atoms with Gasteiger partial charge in [0.2, 0.25) is 0 Å². The molecule has 3 N–H and O–H groups in total. The SMILES string of the molecule is CC1(C)OCC(c2cc([NH-])ccc2F)(C(F)F)N=C1N. The lowest BCUT2D eigenvalue weighted by Crippen LogP contribution is -2.53. The van der Waals surface area contributed by atoms with Gasteiger partial charge in [-0.1, -0.05) is 12.1 Å². The van der Waals surface area contributed by atoms with E-state index in [4.69, 9.17) is 16.2 Å². The van der Waals surface area contributed by atoms with Crippen LogP contribution in [0.3, 0.4) is 0 Å². The molecule has 7 heteroatoms. The molecule has 2 rings (SSSR count). The van der Waals surface area contributed by atoms with Gasteiger partial charge in [-0.3, -0.25) is 0 Å². The average molecular weight is 286 g/mol. The van der Waals surface area contributed by atoms with Gasteiger partial charge in [-0.2, -0.15) is 0 Å². The zero-order valence-electron chi connectivity index (χ0n) is 11.1. The van der Waals surface area contributed by atoms with Gasteiger partial charge in [-0.05, 0) is 19.9 Å². The van der Waals surface area contributed by atoms with E-state index in [9.17, 15) is 13.2 Å². The van der Waals surface area contributed by atoms with Crippen molar-refractivity contribution >= 4 is 11.5 Å². The van der Waals surface area contributed by atoms with Gasteiger partial charge >= 0.3 is 0 Å². The Hall–Kier alpha value is -1.76. The Morgan fingerprint density at radius 1 is 1.40 bits per heavy atom. The van der Waals surface area contributed by atoms with Crippen molar-refractivity contribution < 1.29 is 17.9 Å². The van der Waals surface area contributed by atoms with Crippen molar-refractivity contribution in [1.29, 1.82) is 0 Å². The molecule has 1 atom stereocenters. The number of nitrogens with two attached hydrogens (primary N) is 1. The first-order chi connectivity index (χ1) is 9.19. The minimum absolute atomic E-state index is 0.0833. The largest absolute Gasteiger partial charge is 0.699 e. The molecule has 1 aliphatic heterocycles. The minimum Gasteiger partial charge on any atom is -0.699 e. The van der Waals surface area contributed by atoms with E-state index in [2.05, 4.69) is 4.99 Å². The van der Waals surface area contributed by atoms with E-state index in [0.29, 0.717) is 0 Å². The van der Waals surface area contributed by atoms with Crippen LogP contribution in [0.25, 0.3) is 5.73 Å². The molecular formula is C13H15F3N3O-. The molecule has 1 aromatic rings. The van der Waals surface area contributed by atoms with Crippen LogP contribution < -0.4 is 5.73 Å². The molecule has 20 heavy (non-hydrogen) atoms. The molecule has 0 saturated heterocycles. The maximum atomic E-state index is 13.9. The second kappa shape index (κ2) is 4.66. The third kappa shape index (κ3) is 2.22. The number of aliphatic imine (C=N–C) groups is 1. The summed E-state index contributed by atoms with van der Waals surface area (Å²) < 4.78 is 46.3. The van der Waals surface area contributed by atoms with Crippen molar-refractivity contribution in [3.8, 4) is 0 Å². The predicted octanol–water partition coefficient (Wildman–Crippen LogP) is 3.14. The molecule has 0 saturated carbocycles. The van der Waals surface area contributed by atoms with Crippen molar-refractivity contribution in [1.82, 2.24) is 0 Å². The molecule has 0 radical (unpaired) electrons. The number of alkyl halides is 2. The highest BCUT2D eigenvalue weighted by Gasteiger charge is 2.49. The van der Waals surface area contributed by atoms with Gasteiger partial charge in [0.05, 0.1) is 6.61 Å². The van der Waals surface area contributed by atoms with E-state index < -0.39 is 30.0 Å². The summed E-state index contributed by atoms with van der Waals surface area (Å²) in [7, 11) is 0. The first-order valence-electron chi connectivity index (χ1n) is 5.98. The minimum atomic E-state index is -3.01. The van der Waals surface area contributed by atoms with Crippen LogP contribution in [0.2, 0.25) is 0 Å². The van der Waals surface area contributed by atoms with Crippen molar-refractivity contribution in [2.75, 3.05) is 6.61 Å². The molecular weight excluding hydrogens is 271 g/mol. The molecule has 0 aromatic heterocycles. The lowest BCUT2D eigenvalue weighted by molar-refractivity contribution is -0.0662. The highest BCUT2D eigenvalue weighted by molar-refractivity contribution is 5.89. The highest BCUT2D eigenvalue weighted by Crippen LogP contribution is 2.40. The fraction of sp³-hybridized carbons (Fsp3) is 0.462. The Balaban J connectivity index is 2.64. The fourth-order valence-electron chi connectivity index (χ4n) is 1.97. The van der Waals surface area contributed by atoms with Gasteiger partial charge in [-0.25, -0.2) is 18.2 Å². The summed E-state index contributed by atoms with van der Waals surface area (Å²) in [5, 5.41) is 0. The number of rotatable bonds is 2. The van der Waals surface area contributed by atoms with E-state index in [0.717, 1.165) is 12.1 Å². The zero-order chi connectivity index (χ0) is 15.1. The number of ether oxygens (including phenoxy) is 1. The van der Waals surface area contributed by atoms with Crippen LogP contribution in [0.5, 0.6) is 0 Å². The lowest BCUT2D eigenvalue weighted by Gasteiger charge is -2.40. The molecule has 110 valence electrons. The number of benzene rings is 1. The van der Waals surface area contributed by atoms with Crippen molar-refractivity contribution in [2.45, 2.75) is 31.4 Å². The number of hydrogen-bond acceptors (Lipinski definition) is 3. The van der Waals surface area contributed by atoms with Gasteiger partial charge < -0.3 is 16.2 Å². The van der Waals surface area contributed by atoms with Gasteiger partial charge in [0.25, 0.3) is 6.43 Å². The van der Waals surface area contributed by atoms with E-state index >= 15 is 0 Å². The van der Waals surface area contributed by atoms with Gasteiger partial charge in [0, 0.05) is 5.56 Å². The molecule has 4 nitrogen and oxygen atoms in total. The standard InChI is InChI=1S/C13H15F3N3O/c1-12(2)11(18)19-13(6-20-12,10(15)16)8-5-7(17)3-4-9(8)14/h3-5,10,17H,6H2,1-2H3,(H2,18,19)/q-1. The molecule has 0 fully saturated rings. The van der Waals surface area contributed by atoms with E-state index in [-0.39, 0.29) is 17.1 Å². The first-order valence-corrected chi connectivity index (χ1v) is 5.98.